The second-order valence-corrected chi connectivity index (χ2v) is 6.99. The van der Waals surface area contributed by atoms with E-state index in [2.05, 4.69) is 26.1 Å². The lowest BCUT2D eigenvalue weighted by molar-refractivity contribution is -0.936. The molecule has 0 saturated carbocycles. The van der Waals surface area contributed by atoms with Gasteiger partial charge in [0.15, 0.2) is 6.04 Å². The van der Waals surface area contributed by atoms with Crippen LogP contribution in [0.15, 0.2) is 12.1 Å². The molecule has 5 nitrogen and oxygen atoms in total. The van der Waals surface area contributed by atoms with Crippen molar-refractivity contribution in [2.24, 2.45) is 0 Å². The Morgan fingerprint density at radius 1 is 1.04 bits per heavy atom. The standard InChI is InChI=1S/C21H34N2O3/c1-8-12-19(24)26-18-13-15(5)20(16(6)14-18)22-21(25)17(7)23(9-2,10-3)11-4/h13-14,17H,8-12H2,1-7H3/p+1. The van der Waals surface area contributed by atoms with Crippen molar-refractivity contribution >= 4 is 17.6 Å². The highest BCUT2D eigenvalue weighted by Crippen LogP contribution is 2.27. The second-order valence-electron chi connectivity index (χ2n) is 6.99. The zero-order valence-electron chi connectivity index (χ0n) is 17.4. The van der Waals surface area contributed by atoms with Crippen molar-refractivity contribution in [3.05, 3.63) is 23.3 Å². The van der Waals surface area contributed by atoms with Gasteiger partial charge in [0, 0.05) is 12.1 Å². The van der Waals surface area contributed by atoms with Crippen molar-refractivity contribution in [2.75, 3.05) is 25.0 Å². The molecule has 5 heteroatoms. The minimum absolute atomic E-state index is 0.0254. The largest absolute Gasteiger partial charge is 0.427 e. The van der Waals surface area contributed by atoms with Gasteiger partial charge in [-0.3, -0.25) is 9.59 Å². The first-order chi connectivity index (χ1) is 12.2. The lowest BCUT2D eigenvalue weighted by Crippen LogP contribution is -2.58. The number of rotatable bonds is 9. The molecule has 1 rings (SSSR count). The minimum atomic E-state index is -0.229. The number of aryl methyl sites for hydroxylation is 2. The number of amides is 1. The fourth-order valence-corrected chi connectivity index (χ4v) is 3.54. The first-order valence-corrected chi connectivity index (χ1v) is 9.73. The summed E-state index contributed by atoms with van der Waals surface area (Å²) in [5, 5.41) is 3.10. The van der Waals surface area contributed by atoms with Crippen LogP contribution in [0, 0.1) is 13.8 Å². The highest BCUT2D eigenvalue weighted by atomic mass is 16.5. The summed E-state index contributed by atoms with van der Waals surface area (Å²) in [5.41, 5.74) is 2.60. The highest BCUT2D eigenvalue weighted by molar-refractivity contribution is 5.95. The Hall–Kier alpha value is -1.88. The molecule has 0 heterocycles. The molecule has 1 amide bonds. The Bertz CT molecular complexity index is 605. The fraction of sp³-hybridized carbons (Fsp3) is 0.619. The van der Waals surface area contributed by atoms with Crippen LogP contribution in [0.4, 0.5) is 5.69 Å². The molecule has 1 N–H and O–H groups in total. The fourth-order valence-electron chi connectivity index (χ4n) is 3.54. The molecule has 0 bridgehead atoms. The normalized spacial score (nSPS) is 12.6. The van der Waals surface area contributed by atoms with E-state index in [4.69, 9.17) is 4.74 Å². The van der Waals surface area contributed by atoms with Gasteiger partial charge in [-0.05, 0) is 71.2 Å². The van der Waals surface area contributed by atoms with E-state index < -0.39 is 0 Å². The number of carbonyl (C=O) groups is 2. The molecule has 0 aliphatic heterocycles. The molecule has 0 aromatic heterocycles. The summed E-state index contributed by atoms with van der Waals surface area (Å²) in [7, 11) is 0. The molecule has 0 aliphatic rings. The van der Waals surface area contributed by atoms with Gasteiger partial charge >= 0.3 is 5.97 Å². The average molecular weight is 364 g/mol. The molecular formula is C21H35N2O3+. The van der Waals surface area contributed by atoms with Crippen LogP contribution in [-0.2, 0) is 9.59 Å². The summed E-state index contributed by atoms with van der Waals surface area (Å²) in [5.74, 6) is 0.329. The van der Waals surface area contributed by atoms with Crippen molar-refractivity contribution in [2.45, 2.75) is 67.3 Å². The number of hydrogen-bond donors (Lipinski definition) is 1. The summed E-state index contributed by atoms with van der Waals surface area (Å²) < 4.78 is 6.14. The number of carbonyl (C=O) groups excluding carboxylic acids is 2. The van der Waals surface area contributed by atoms with E-state index in [9.17, 15) is 9.59 Å². The van der Waals surface area contributed by atoms with Crippen molar-refractivity contribution in [3.63, 3.8) is 0 Å². The Morgan fingerprint density at radius 2 is 1.54 bits per heavy atom. The zero-order valence-corrected chi connectivity index (χ0v) is 17.4. The first kappa shape index (κ1) is 22.2. The third kappa shape index (κ3) is 5.07. The number of hydrogen-bond acceptors (Lipinski definition) is 3. The SMILES string of the molecule is CCCC(=O)Oc1cc(C)c(NC(=O)C(C)[N+](CC)(CC)CC)c(C)c1. The summed E-state index contributed by atoms with van der Waals surface area (Å²) in [4.78, 5) is 24.6. The van der Waals surface area contributed by atoms with Crippen molar-refractivity contribution in [1.82, 2.24) is 0 Å². The molecule has 1 aromatic carbocycles. The van der Waals surface area contributed by atoms with Crippen LogP contribution in [0.2, 0.25) is 0 Å². The van der Waals surface area contributed by atoms with E-state index in [-0.39, 0.29) is 17.9 Å². The zero-order chi connectivity index (χ0) is 19.9. The molecule has 1 atom stereocenters. The number of likely N-dealkylation sites (N-methyl/N-ethyl adjacent to an activating group) is 1. The van der Waals surface area contributed by atoms with Crippen LogP contribution in [0.3, 0.4) is 0 Å². The van der Waals surface area contributed by atoms with Gasteiger partial charge in [-0.15, -0.1) is 0 Å². The monoisotopic (exact) mass is 363 g/mol. The maximum atomic E-state index is 12.9. The van der Waals surface area contributed by atoms with Gasteiger partial charge in [0.25, 0.3) is 5.91 Å². The molecule has 1 aromatic rings. The number of anilines is 1. The van der Waals surface area contributed by atoms with E-state index in [1.165, 1.54) is 0 Å². The highest BCUT2D eigenvalue weighted by Gasteiger charge is 2.34. The molecule has 0 spiro atoms. The van der Waals surface area contributed by atoms with Crippen LogP contribution in [0.1, 0.15) is 58.6 Å². The summed E-state index contributed by atoms with van der Waals surface area (Å²) in [6.45, 7) is 16.9. The minimum Gasteiger partial charge on any atom is -0.427 e. The molecule has 0 fully saturated rings. The van der Waals surface area contributed by atoms with Crippen molar-refractivity contribution in [1.29, 1.82) is 0 Å². The molecule has 1 unspecified atom stereocenters. The lowest BCUT2D eigenvalue weighted by Gasteiger charge is -2.40. The number of ether oxygens (including phenoxy) is 1. The molecule has 0 saturated heterocycles. The van der Waals surface area contributed by atoms with Crippen molar-refractivity contribution < 1.29 is 18.8 Å². The van der Waals surface area contributed by atoms with Gasteiger partial charge in [0.1, 0.15) is 5.75 Å². The predicted molar refractivity (Wildman–Crippen MR) is 106 cm³/mol. The molecule has 0 radical (unpaired) electrons. The van der Waals surface area contributed by atoms with Crippen LogP contribution >= 0.6 is 0 Å². The quantitative estimate of drug-likeness (QED) is 0.406. The second kappa shape index (κ2) is 9.72. The maximum absolute atomic E-state index is 12.9. The number of esters is 1. The summed E-state index contributed by atoms with van der Waals surface area (Å²) in [6, 6.07) is 3.49. The smallest absolute Gasteiger partial charge is 0.311 e. The summed E-state index contributed by atoms with van der Waals surface area (Å²) >= 11 is 0. The van der Waals surface area contributed by atoms with E-state index in [1.54, 1.807) is 0 Å². The van der Waals surface area contributed by atoms with Gasteiger partial charge in [0.2, 0.25) is 0 Å². The van der Waals surface area contributed by atoms with E-state index >= 15 is 0 Å². The topological polar surface area (TPSA) is 55.4 Å². The van der Waals surface area contributed by atoms with Gasteiger partial charge < -0.3 is 14.5 Å². The van der Waals surface area contributed by atoms with Gasteiger partial charge in [0.05, 0.1) is 19.6 Å². The third-order valence-electron chi connectivity index (χ3n) is 5.53. The van der Waals surface area contributed by atoms with Crippen LogP contribution in [0.25, 0.3) is 0 Å². The predicted octanol–water partition coefficient (Wildman–Crippen LogP) is 4.21. The maximum Gasteiger partial charge on any atom is 0.311 e. The van der Waals surface area contributed by atoms with E-state index in [0.717, 1.165) is 47.4 Å². The number of quaternary nitrogens is 1. The Kier molecular flexibility index (Phi) is 8.28. The Morgan fingerprint density at radius 3 is 1.96 bits per heavy atom. The lowest BCUT2D eigenvalue weighted by atomic mass is 10.1. The first-order valence-electron chi connectivity index (χ1n) is 9.73. The molecule has 0 aliphatic carbocycles. The van der Waals surface area contributed by atoms with Crippen molar-refractivity contribution in [3.8, 4) is 5.75 Å². The Labute approximate surface area is 158 Å². The van der Waals surface area contributed by atoms with Crippen LogP contribution in [0.5, 0.6) is 5.75 Å². The van der Waals surface area contributed by atoms with Gasteiger partial charge in [-0.1, -0.05) is 6.92 Å². The van der Waals surface area contributed by atoms with E-state index in [1.807, 2.05) is 39.8 Å². The number of benzene rings is 1. The Balaban J connectivity index is 2.99. The average Bonchev–Trinajstić information content (AvgIpc) is 2.60. The van der Waals surface area contributed by atoms with Crippen LogP contribution < -0.4 is 10.1 Å². The summed E-state index contributed by atoms with van der Waals surface area (Å²) in [6.07, 6.45) is 1.16. The molecule has 26 heavy (non-hydrogen) atoms. The number of nitrogens with one attached hydrogen (secondary N) is 1. The molecule has 146 valence electrons. The van der Waals surface area contributed by atoms with Gasteiger partial charge in [-0.25, -0.2) is 0 Å². The third-order valence-corrected chi connectivity index (χ3v) is 5.53. The molecular weight excluding hydrogens is 328 g/mol. The van der Waals surface area contributed by atoms with E-state index in [0.29, 0.717) is 12.2 Å². The van der Waals surface area contributed by atoms with Crippen LogP contribution in [-0.4, -0.2) is 42.0 Å². The number of nitrogens with zero attached hydrogens (tertiary/aromatic N) is 1. The van der Waals surface area contributed by atoms with Gasteiger partial charge in [-0.2, -0.15) is 0 Å².